The van der Waals surface area contributed by atoms with E-state index >= 15 is 0 Å². The molecular weight excluding hydrogens is 294 g/mol. The van der Waals surface area contributed by atoms with Gasteiger partial charge in [0.05, 0.1) is 0 Å². The second-order valence-corrected chi connectivity index (χ2v) is 7.45. The standard InChI is InChI=1S/C22H45NO/c1-2-3-4-5-6-7-8-9-10-11-12-13-14-15-16-17-18-19-20-21-22-23-24/h22,24H,2-21H2,1H3/b23-22+. The monoisotopic (exact) mass is 339 g/mol. The predicted octanol–water partition coefficient (Wildman–Crippen LogP) is 8.27. The van der Waals surface area contributed by atoms with Crippen LogP contribution in [0.3, 0.4) is 0 Å². The second-order valence-electron chi connectivity index (χ2n) is 7.45. The molecule has 2 heteroatoms. The Morgan fingerprint density at radius 2 is 0.792 bits per heavy atom. The van der Waals surface area contributed by atoms with E-state index in [1.807, 2.05) is 0 Å². The summed E-state index contributed by atoms with van der Waals surface area (Å²) in [5, 5.41) is 11.3. The summed E-state index contributed by atoms with van der Waals surface area (Å²) in [7, 11) is 0. The zero-order valence-electron chi connectivity index (χ0n) is 16.6. The molecule has 0 spiro atoms. The summed E-state index contributed by atoms with van der Waals surface area (Å²) < 4.78 is 0. The minimum atomic E-state index is 0.926. The van der Waals surface area contributed by atoms with Gasteiger partial charge < -0.3 is 5.21 Å². The molecule has 0 fully saturated rings. The van der Waals surface area contributed by atoms with Gasteiger partial charge in [-0.3, -0.25) is 0 Å². The average Bonchev–Trinajstić information content (AvgIpc) is 2.60. The van der Waals surface area contributed by atoms with Gasteiger partial charge in [0.15, 0.2) is 0 Å². The van der Waals surface area contributed by atoms with Crippen molar-refractivity contribution < 1.29 is 5.21 Å². The topological polar surface area (TPSA) is 32.6 Å². The molecule has 0 atom stereocenters. The van der Waals surface area contributed by atoms with Crippen LogP contribution in [-0.2, 0) is 0 Å². The van der Waals surface area contributed by atoms with Gasteiger partial charge in [0.25, 0.3) is 0 Å². The van der Waals surface area contributed by atoms with E-state index in [9.17, 15) is 0 Å². The van der Waals surface area contributed by atoms with E-state index < -0.39 is 0 Å². The van der Waals surface area contributed by atoms with Crippen LogP contribution in [-0.4, -0.2) is 11.4 Å². The van der Waals surface area contributed by atoms with Crippen LogP contribution >= 0.6 is 0 Å². The molecule has 0 aliphatic rings. The van der Waals surface area contributed by atoms with E-state index in [0.717, 1.165) is 6.42 Å². The first-order chi connectivity index (χ1) is 11.9. The second kappa shape index (κ2) is 22.5. The van der Waals surface area contributed by atoms with Gasteiger partial charge in [-0.2, -0.15) is 0 Å². The van der Waals surface area contributed by atoms with Gasteiger partial charge in [-0.05, 0) is 12.8 Å². The van der Waals surface area contributed by atoms with Gasteiger partial charge in [0.2, 0.25) is 0 Å². The highest BCUT2D eigenvalue weighted by Gasteiger charge is 1.95. The lowest BCUT2D eigenvalue weighted by atomic mass is 10.0. The Morgan fingerprint density at radius 3 is 1.08 bits per heavy atom. The van der Waals surface area contributed by atoms with E-state index in [1.165, 1.54) is 122 Å². The quantitative estimate of drug-likeness (QED) is 0.103. The molecule has 0 amide bonds. The van der Waals surface area contributed by atoms with Crippen molar-refractivity contribution in [3.63, 3.8) is 0 Å². The largest absolute Gasteiger partial charge is 0.411 e. The number of nitrogens with zero attached hydrogens (tertiary/aromatic N) is 1. The van der Waals surface area contributed by atoms with Crippen molar-refractivity contribution in [2.75, 3.05) is 0 Å². The molecule has 2 nitrogen and oxygen atoms in total. The number of oxime groups is 1. The molecule has 0 rings (SSSR count). The van der Waals surface area contributed by atoms with Gasteiger partial charge in [-0.15, -0.1) is 5.16 Å². The van der Waals surface area contributed by atoms with Gasteiger partial charge in [-0.25, -0.2) is 0 Å². The van der Waals surface area contributed by atoms with Crippen LogP contribution in [0.5, 0.6) is 0 Å². The zero-order valence-corrected chi connectivity index (χ0v) is 16.6. The van der Waals surface area contributed by atoms with Gasteiger partial charge in [0.1, 0.15) is 0 Å². The molecule has 0 radical (unpaired) electrons. The highest BCUT2D eigenvalue weighted by molar-refractivity contribution is 5.55. The molecule has 0 unspecified atom stereocenters. The van der Waals surface area contributed by atoms with Crippen LogP contribution in [0.4, 0.5) is 0 Å². The van der Waals surface area contributed by atoms with E-state index in [0.29, 0.717) is 0 Å². The molecule has 144 valence electrons. The van der Waals surface area contributed by atoms with Crippen LogP contribution < -0.4 is 0 Å². The van der Waals surface area contributed by atoms with Crippen LogP contribution in [0.15, 0.2) is 5.16 Å². The molecule has 0 aliphatic carbocycles. The van der Waals surface area contributed by atoms with Gasteiger partial charge >= 0.3 is 0 Å². The summed E-state index contributed by atoms with van der Waals surface area (Å²) in [4.78, 5) is 0. The average molecular weight is 340 g/mol. The molecule has 0 aromatic rings. The van der Waals surface area contributed by atoms with E-state index in [4.69, 9.17) is 5.21 Å². The predicted molar refractivity (Wildman–Crippen MR) is 108 cm³/mol. The van der Waals surface area contributed by atoms with Crippen LogP contribution in [0.2, 0.25) is 0 Å². The first kappa shape index (κ1) is 23.5. The number of hydrogen-bond acceptors (Lipinski definition) is 2. The Bertz CT molecular complexity index is 240. The lowest BCUT2D eigenvalue weighted by molar-refractivity contribution is 0.320. The highest BCUT2D eigenvalue weighted by atomic mass is 16.4. The number of unbranched alkanes of at least 4 members (excludes halogenated alkanes) is 19. The first-order valence-corrected chi connectivity index (χ1v) is 11.1. The zero-order chi connectivity index (χ0) is 17.6. The molecule has 0 aromatic carbocycles. The lowest BCUT2D eigenvalue weighted by Crippen LogP contribution is -1.84. The van der Waals surface area contributed by atoms with Crippen LogP contribution in [0.25, 0.3) is 0 Å². The smallest absolute Gasteiger partial charge is 0.0435 e. The summed E-state index contributed by atoms with van der Waals surface area (Å²) in [5.74, 6) is 0. The molecule has 1 N–H and O–H groups in total. The molecule has 0 saturated carbocycles. The van der Waals surface area contributed by atoms with Crippen molar-refractivity contribution >= 4 is 6.21 Å². The Labute approximate surface area is 152 Å². The third-order valence-corrected chi connectivity index (χ3v) is 5.02. The molecule has 0 bridgehead atoms. The van der Waals surface area contributed by atoms with Gasteiger partial charge in [-0.1, -0.05) is 122 Å². The van der Waals surface area contributed by atoms with E-state index in [2.05, 4.69) is 12.1 Å². The normalized spacial score (nSPS) is 11.5. The van der Waals surface area contributed by atoms with Crippen molar-refractivity contribution in [1.82, 2.24) is 0 Å². The van der Waals surface area contributed by atoms with Crippen molar-refractivity contribution in [2.24, 2.45) is 5.16 Å². The molecule has 0 heterocycles. The number of hydrogen-bond donors (Lipinski definition) is 1. The third kappa shape index (κ3) is 21.5. The van der Waals surface area contributed by atoms with E-state index in [-0.39, 0.29) is 0 Å². The Hall–Kier alpha value is -0.530. The van der Waals surface area contributed by atoms with Crippen molar-refractivity contribution in [3.8, 4) is 0 Å². The summed E-state index contributed by atoms with van der Waals surface area (Å²) in [6, 6.07) is 0. The Kier molecular flexibility index (Phi) is 22.0. The minimum absolute atomic E-state index is 0.926. The molecule has 0 aliphatic heterocycles. The fourth-order valence-electron chi connectivity index (χ4n) is 3.37. The summed E-state index contributed by atoms with van der Waals surface area (Å²) in [5.41, 5.74) is 0. The molecule has 24 heavy (non-hydrogen) atoms. The maximum atomic E-state index is 8.29. The van der Waals surface area contributed by atoms with E-state index in [1.54, 1.807) is 6.21 Å². The van der Waals surface area contributed by atoms with Crippen molar-refractivity contribution in [2.45, 2.75) is 135 Å². The lowest BCUT2D eigenvalue weighted by Gasteiger charge is -2.03. The number of rotatable bonds is 20. The van der Waals surface area contributed by atoms with Gasteiger partial charge in [0, 0.05) is 6.21 Å². The highest BCUT2D eigenvalue weighted by Crippen LogP contribution is 2.14. The molecule has 0 saturated heterocycles. The van der Waals surface area contributed by atoms with Crippen LogP contribution in [0.1, 0.15) is 135 Å². The summed E-state index contributed by atoms with van der Waals surface area (Å²) in [6.07, 6.45) is 29.4. The summed E-state index contributed by atoms with van der Waals surface area (Å²) in [6.45, 7) is 2.29. The SMILES string of the molecule is CCCCCCCCCCCCCCCCCCCCC/C=N/O. The fraction of sp³-hybridized carbons (Fsp3) is 0.955. The van der Waals surface area contributed by atoms with Crippen molar-refractivity contribution in [1.29, 1.82) is 0 Å². The Morgan fingerprint density at radius 1 is 0.500 bits per heavy atom. The van der Waals surface area contributed by atoms with Crippen LogP contribution in [0, 0.1) is 0 Å². The Balaban J connectivity index is 2.95. The summed E-state index contributed by atoms with van der Waals surface area (Å²) >= 11 is 0. The molecular formula is C22H45NO. The first-order valence-electron chi connectivity index (χ1n) is 11.1. The molecule has 0 aromatic heterocycles. The fourth-order valence-corrected chi connectivity index (χ4v) is 3.37. The van der Waals surface area contributed by atoms with Crippen molar-refractivity contribution in [3.05, 3.63) is 0 Å². The third-order valence-electron chi connectivity index (χ3n) is 5.02. The minimum Gasteiger partial charge on any atom is -0.411 e. The maximum absolute atomic E-state index is 8.29. The maximum Gasteiger partial charge on any atom is 0.0435 e.